The van der Waals surface area contributed by atoms with Crippen LogP contribution in [0.25, 0.3) is 0 Å². The maximum atomic E-state index is 12.3. The van der Waals surface area contributed by atoms with Gasteiger partial charge in [-0.15, -0.1) is 0 Å². The molecule has 1 aromatic rings. The highest BCUT2D eigenvalue weighted by Gasteiger charge is 2.36. The van der Waals surface area contributed by atoms with Crippen molar-refractivity contribution in [2.24, 2.45) is 5.92 Å². The molecule has 1 saturated heterocycles. The van der Waals surface area contributed by atoms with E-state index in [4.69, 9.17) is 4.74 Å². The van der Waals surface area contributed by atoms with E-state index in [9.17, 15) is 9.59 Å². The lowest BCUT2D eigenvalue weighted by Gasteiger charge is -2.20. The number of nitrogens with one attached hydrogen (secondary N) is 1. The van der Waals surface area contributed by atoms with Gasteiger partial charge in [0.25, 0.3) is 0 Å². The SMILES string of the molecule is CCCCNC(=O)[C@H]1CC(=O)N(c2cc(C)ccc2OC)C1. The Bertz CT molecular complexity index is 557. The van der Waals surface area contributed by atoms with Gasteiger partial charge in [0, 0.05) is 19.5 Å². The monoisotopic (exact) mass is 304 g/mol. The third kappa shape index (κ3) is 3.59. The molecule has 1 fully saturated rings. The molecule has 5 heteroatoms. The van der Waals surface area contributed by atoms with E-state index in [0.717, 1.165) is 24.1 Å². The molecule has 0 unspecified atom stereocenters. The van der Waals surface area contributed by atoms with Gasteiger partial charge in [-0.05, 0) is 31.0 Å². The highest BCUT2D eigenvalue weighted by Crippen LogP contribution is 2.33. The van der Waals surface area contributed by atoms with Crippen LogP contribution in [0, 0.1) is 12.8 Å². The predicted molar refractivity (Wildman–Crippen MR) is 86.1 cm³/mol. The largest absolute Gasteiger partial charge is 0.495 e. The van der Waals surface area contributed by atoms with Gasteiger partial charge in [0.05, 0.1) is 18.7 Å². The van der Waals surface area contributed by atoms with Crippen molar-refractivity contribution in [1.29, 1.82) is 0 Å². The van der Waals surface area contributed by atoms with Crippen LogP contribution in [0.2, 0.25) is 0 Å². The first kappa shape index (κ1) is 16.3. The van der Waals surface area contributed by atoms with Crippen molar-refractivity contribution in [1.82, 2.24) is 5.32 Å². The number of aryl methyl sites for hydroxylation is 1. The summed E-state index contributed by atoms with van der Waals surface area (Å²) in [6.45, 7) is 5.14. The number of hydrogen-bond acceptors (Lipinski definition) is 3. The van der Waals surface area contributed by atoms with Gasteiger partial charge in [0.15, 0.2) is 0 Å². The molecule has 0 saturated carbocycles. The Kier molecular flexibility index (Phi) is 5.41. The lowest BCUT2D eigenvalue weighted by atomic mass is 10.1. The van der Waals surface area contributed by atoms with Crippen LogP contribution in [0.1, 0.15) is 31.7 Å². The second kappa shape index (κ2) is 7.29. The van der Waals surface area contributed by atoms with Crippen LogP contribution in [0.4, 0.5) is 5.69 Å². The van der Waals surface area contributed by atoms with E-state index in [0.29, 0.717) is 18.8 Å². The molecule has 1 aliphatic heterocycles. The molecule has 1 N–H and O–H groups in total. The molecular weight excluding hydrogens is 280 g/mol. The van der Waals surface area contributed by atoms with Crippen molar-refractivity contribution >= 4 is 17.5 Å². The fraction of sp³-hybridized carbons (Fsp3) is 0.529. The number of amides is 2. The van der Waals surface area contributed by atoms with Crippen LogP contribution in [0.15, 0.2) is 18.2 Å². The van der Waals surface area contributed by atoms with Crippen LogP contribution in [0.3, 0.4) is 0 Å². The van der Waals surface area contributed by atoms with Gasteiger partial charge in [-0.25, -0.2) is 0 Å². The van der Waals surface area contributed by atoms with Gasteiger partial charge >= 0.3 is 0 Å². The maximum Gasteiger partial charge on any atom is 0.227 e. The van der Waals surface area contributed by atoms with Crippen LogP contribution < -0.4 is 15.0 Å². The van der Waals surface area contributed by atoms with Gasteiger partial charge in [0.1, 0.15) is 5.75 Å². The fourth-order valence-electron chi connectivity index (χ4n) is 2.66. The summed E-state index contributed by atoms with van der Waals surface area (Å²) in [7, 11) is 1.59. The van der Waals surface area contributed by atoms with Crippen molar-refractivity contribution < 1.29 is 14.3 Å². The summed E-state index contributed by atoms with van der Waals surface area (Å²) in [5.41, 5.74) is 1.80. The normalized spacial score (nSPS) is 17.7. The Morgan fingerprint density at radius 3 is 2.91 bits per heavy atom. The number of carbonyl (C=O) groups is 2. The number of unbranched alkanes of at least 4 members (excludes halogenated alkanes) is 1. The van der Waals surface area contributed by atoms with Crippen molar-refractivity contribution in [2.45, 2.75) is 33.1 Å². The average Bonchev–Trinajstić information content (AvgIpc) is 2.89. The average molecular weight is 304 g/mol. The van der Waals surface area contributed by atoms with E-state index in [1.807, 2.05) is 25.1 Å². The molecule has 1 heterocycles. The van der Waals surface area contributed by atoms with Crippen molar-refractivity contribution in [3.63, 3.8) is 0 Å². The lowest BCUT2D eigenvalue weighted by Crippen LogP contribution is -2.33. The summed E-state index contributed by atoms with van der Waals surface area (Å²) in [6.07, 6.45) is 2.26. The Morgan fingerprint density at radius 1 is 1.45 bits per heavy atom. The van der Waals surface area contributed by atoms with E-state index in [1.54, 1.807) is 12.0 Å². The predicted octanol–water partition coefficient (Wildman–Crippen LogP) is 2.27. The number of methoxy groups -OCH3 is 1. The zero-order chi connectivity index (χ0) is 16.1. The molecular formula is C17H24N2O3. The molecule has 0 aromatic heterocycles. The molecule has 120 valence electrons. The lowest BCUT2D eigenvalue weighted by molar-refractivity contribution is -0.126. The topological polar surface area (TPSA) is 58.6 Å². The smallest absolute Gasteiger partial charge is 0.227 e. The quantitative estimate of drug-likeness (QED) is 0.820. The first-order valence-corrected chi connectivity index (χ1v) is 7.79. The Hall–Kier alpha value is -2.04. The van der Waals surface area contributed by atoms with Crippen molar-refractivity contribution in [3.8, 4) is 5.75 Å². The minimum atomic E-state index is -0.283. The fourth-order valence-corrected chi connectivity index (χ4v) is 2.66. The summed E-state index contributed by atoms with van der Waals surface area (Å²) in [5, 5.41) is 2.91. The Labute approximate surface area is 131 Å². The van der Waals surface area contributed by atoms with Crippen LogP contribution >= 0.6 is 0 Å². The number of rotatable bonds is 6. The molecule has 2 amide bonds. The van der Waals surface area contributed by atoms with Crippen LogP contribution in [-0.4, -0.2) is 32.0 Å². The molecule has 5 nitrogen and oxygen atoms in total. The zero-order valence-corrected chi connectivity index (χ0v) is 13.5. The van der Waals surface area contributed by atoms with E-state index in [2.05, 4.69) is 12.2 Å². The van der Waals surface area contributed by atoms with E-state index >= 15 is 0 Å². The first-order valence-electron chi connectivity index (χ1n) is 7.79. The molecule has 0 radical (unpaired) electrons. The highest BCUT2D eigenvalue weighted by atomic mass is 16.5. The van der Waals surface area contributed by atoms with Crippen LogP contribution in [-0.2, 0) is 9.59 Å². The number of hydrogen-bond donors (Lipinski definition) is 1. The number of benzene rings is 1. The van der Waals surface area contributed by atoms with Gasteiger partial charge in [-0.2, -0.15) is 0 Å². The van der Waals surface area contributed by atoms with Crippen molar-refractivity contribution in [2.75, 3.05) is 25.1 Å². The molecule has 2 rings (SSSR count). The minimum absolute atomic E-state index is 0.0282. The van der Waals surface area contributed by atoms with Crippen LogP contribution in [0.5, 0.6) is 5.75 Å². The zero-order valence-electron chi connectivity index (χ0n) is 13.5. The summed E-state index contributed by atoms with van der Waals surface area (Å²) >= 11 is 0. The van der Waals surface area contributed by atoms with Gasteiger partial charge < -0.3 is 15.0 Å². The number of ether oxygens (including phenoxy) is 1. The standard InChI is InChI=1S/C17H24N2O3/c1-4-5-8-18-17(21)13-10-16(20)19(11-13)14-9-12(2)6-7-15(14)22-3/h6-7,9,13H,4-5,8,10-11H2,1-3H3,(H,18,21)/t13-/m0/s1. The first-order chi connectivity index (χ1) is 10.6. The van der Waals surface area contributed by atoms with Gasteiger partial charge in [-0.3, -0.25) is 9.59 Å². The summed E-state index contributed by atoms with van der Waals surface area (Å²) in [6, 6.07) is 5.72. The molecule has 0 spiro atoms. The molecule has 0 aliphatic carbocycles. The third-order valence-electron chi connectivity index (χ3n) is 3.95. The van der Waals surface area contributed by atoms with E-state index in [1.165, 1.54) is 0 Å². The Morgan fingerprint density at radius 2 is 2.23 bits per heavy atom. The molecule has 1 atom stereocenters. The molecule has 22 heavy (non-hydrogen) atoms. The van der Waals surface area contributed by atoms with E-state index < -0.39 is 0 Å². The second-order valence-electron chi connectivity index (χ2n) is 5.73. The second-order valence-corrected chi connectivity index (χ2v) is 5.73. The van der Waals surface area contributed by atoms with Gasteiger partial charge in [0.2, 0.25) is 11.8 Å². The number of anilines is 1. The molecule has 1 aliphatic rings. The van der Waals surface area contributed by atoms with Gasteiger partial charge in [-0.1, -0.05) is 19.4 Å². The summed E-state index contributed by atoms with van der Waals surface area (Å²) in [5.74, 6) is 0.316. The highest BCUT2D eigenvalue weighted by molar-refractivity contribution is 6.01. The summed E-state index contributed by atoms with van der Waals surface area (Å²) in [4.78, 5) is 26.1. The maximum absolute atomic E-state index is 12.3. The summed E-state index contributed by atoms with van der Waals surface area (Å²) < 4.78 is 5.34. The molecule has 1 aromatic carbocycles. The Balaban J connectivity index is 2.09. The number of carbonyl (C=O) groups excluding carboxylic acids is 2. The third-order valence-corrected chi connectivity index (χ3v) is 3.95. The minimum Gasteiger partial charge on any atom is -0.495 e. The number of nitrogens with zero attached hydrogens (tertiary/aromatic N) is 1. The van der Waals surface area contributed by atoms with Crippen molar-refractivity contribution in [3.05, 3.63) is 23.8 Å². The molecule has 0 bridgehead atoms. The van der Waals surface area contributed by atoms with E-state index in [-0.39, 0.29) is 24.2 Å².